The Bertz CT molecular complexity index is 145. The summed E-state index contributed by atoms with van der Waals surface area (Å²) in [7, 11) is 9.47. The number of methoxy groups -OCH3 is 4. The quantitative estimate of drug-likeness (QED) is 0.473. The van der Waals surface area contributed by atoms with Crippen LogP contribution in [-0.4, -0.2) is 38.7 Å². The van der Waals surface area contributed by atoms with Gasteiger partial charge in [0.2, 0.25) is 10.2 Å². The van der Waals surface area contributed by atoms with Crippen molar-refractivity contribution in [3.8, 4) is 0 Å². The van der Waals surface area contributed by atoms with Crippen LogP contribution >= 0.6 is 21.6 Å². The zero-order chi connectivity index (χ0) is 12.7. The first-order valence-corrected chi connectivity index (χ1v) is 7.30. The Morgan fingerprint density at radius 2 is 0.938 bits per heavy atom. The number of rotatable bonds is 9. The lowest BCUT2D eigenvalue weighted by Crippen LogP contribution is -2.32. The maximum absolute atomic E-state index is 5.37. The number of ether oxygens (including phenoxy) is 4. The number of hydrogen-bond donors (Lipinski definition) is 0. The van der Waals surface area contributed by atoms with Gasteiger partial charge < -0.3 is 18.9 Å². The van der Waals surface area contributed by atoms with Crippen LogP contribution in [0.3, 0.4) is 0 Å². The van der Waals surface area contributed by atoms with Gasteiger partial charge in [0.1, 0.15) is 0 Å². The Hall–Kier alpha value is 0.540. The van der Waals surface area contributed by atoms with Crippen molar-refractivity contribution in [2.24, 2.45) is 0 Å². The molecular formula is C10H22O4S2. The van der Waals surface area contributed by atoms with Crippen LogP contribution in [-0.2, 0) is 18.9 Å². The van der Waals surface area contributed by atoms with Gasteiger partial charge in [-0.25, -0.2) is 0 Å². The molecule has 0 N–H and O–H groups in total. The molecule has 0 saturated carbocycles. The fourth-order valence-corrected chi connectivity index (χ4v) is 4.17. The maximum atomic E-state index is 5.37. The van der Waals surface area contributed by atoms with Crippen LogP contribution in [0, 0.1) is 0 Å². The van der Waals surface area contributed by atoms with Crippen LogP contribution in [0.1, 0.15) is 26.7 Å². The molecule has 0 fully saturated rings. The third-order valence-corrected chi connectivity index (χ3v) is 6.01. The van der Waals surface area contributed by atoms with E-state index in [0.717, 1.165) is 12.8 Å². The molecule has 0 bridgehead atoms. The second-order valence-electron chi connectivity index (χ2n) is 3.06. The molecule has 0 aliphatic heterocycles. The second kappa shape index (κ2) is 7.79. The van der Waals surface area contributed by atoms with E-state index in [9.17, 15) is 0 Å². The summed E-state index contributed by atoms with van der Waals surface area (Å²) in [6, 6.07) is 0. The van der Waals surface area contributed by atoms with Gasteiger partial charge in [0.05, 0.1) is 0 Å². The Morgan fingerprint density at radius 3 is 1.06 bits per heavy atom. The molecule has 98 valence electrons. The van der Waals surface area contributed by atoms with Crippen molar-refractivity contribution in [1.82, 2.24) is 0 Å². The molecule has 0 rings (SSSR count). The van der Waals surface area contributed by atoms with Crippen molar-refractivity contribution in [1.29, 1.82) is 0 Å². The summed E-state index contributed by atoms with van der Waals surface area (Å²) in [5.41, 5.74) is 0. The van der Waals surface area contributed by atoms with E-state index in [1.54, 1.807) is 28.4 Å². The molecule has 4 nitrogen and oxygen atoms in total. The minimum Gasteiger partial charge on any atom is -0.344 e. The van der Waals surface area contributed by atoms with Gasteiger partial charge in [0.25, 0.3) is 0 Å². The van der Waals surface area contributed by atoms with Gasteiger partial charge >= 0.3 is 0 Å². The lowest BCUT2D eigenvalue weighted by atomic mass is 10.5. The van der Waals surface area contributed by atoms with Gasteiger partial charge in [0, 0.05) is 41.3 Å². The molecule has 0 aromatic rings. The zero-order valence-electron chi connectivity index (χ0n) is 10.9. The summed E-state index contributed by atoms with van der Waals surface area (Å²) < 4.78 is 21.5. The van der Waals surface area contributed by atoms with E-state index < -0.39 is 10.2 Å². The van der Waals surface area contributed by atoms with Gasteiger partial charge in [-0.3, -0.25) is 0 Å². The van der Waals surface area contributed by atoms with E-state index in [1.165, 1.54) is 21.6 Å². The molecule has 0 saturated heterocycles. The average molecular weight is 270 g/mol. The topological polar surface area (TPSA) is 36.9 Å². The molecular weight excluding hydrogens is 248 g/mol. The molecule has 0 amide bonds. The van der Waals surface area contributed by atoms with Crippen LogP contribution in [0.2, 0.25) is 0 Å². The maximum Gasteiger partial charge on any atom is 0.227 e. The molecule has 0 aliphatic carbocycles. The summed E-state index contributed by atoms with van der Waals surface area (Å²) in [4.78, 5) is 0. The van der Waals surface area contributed by atoms with Crippen molar-refractivity contribution in [3.05, 3.63) is 0 Å². The van der Waals surface area contributed by atoms with Crippen molar-refractivity contribution in [2.45, 2.75) is 36.9 Å². The van der Waals surface area contributed by atoms with Gasteiger partial charge in [-0.05, 0) is 21.6 Å². The monoisotopic (exact) mass is 270 g/mol. The minimum atomic E-state index is -0.651. The molecule has 0 spiro atoms. The summed E-state index contributed by atoms with van der Waals surface area (Å²) in [5, 5.41) is -1.30. The first kappa shape index (κ1) is 16.5. The smallest absolute Gasteiger partial charge is 0.227 e. The Morgan fingerprint density at radius 1 is 0.688 bits per heavy atom. The van der Waals surface area contributed by atoms with Crippen molar-refractivity contribution >= 4 is 21.6 Å². The standard InChI is InChI=1S/C10H22O4S2/c1-7-9(11-3,12-4)15-16-10(8-2,13-5)14-6/h7-8H2,1-6H3. The zero-order valence-corrected chi connectivity index (χ0v) is 12.5. The highest BCUT2D eigenvalue weighted by molar-refractivity contribution is 8.77. The van der Waals surface area contributed by atoms with E-state index in [-0.39, 0.29) is 0 Å². The molecule has 0 aliphatic rings. The molecule has 0 aromatic heterocycles. The Kier molecular flexibility index (Phi) is 8.05. The van der Waals surface area contributed by atoms with Crippen LogP contribution in [0.5, 0.6) is 0 Å². The SMILES string of the molecule is CCC(OC)(OC)SSC(CC)(OC)OC. The van der Waals surface area contributed by atoms with Crippen LogP contribution in [0.15, 0.2) is 0 Å². The van der Waals surface area contributed by atoms with E-state index in [1.807, 2.05) is 13.8 Å². The van der Waals surface area contributed by atoms with Crippen LogP contribution < -0.4 is 0 Å². The third kappa shape index (κ3) is 4.09. The molecule has 0 atom stereocenters. The van der Waals surface area contributed by atoms with Crippen molar-refractivity contribution in [2.75, 3.05) is 28.4 Å². The highest BCUT2D eigenvalue weighted by Crippen LogP contribution is 2.48. The van der Waals surface area contributed by atoms with E-state index >= 15 is 0 Å². The summed E-state index contributed by atoms with van der Waals surface area (Å²) >= 11 is 0. The molecule has 0 aromatic carbocycles. The average Bonchev–Trinajstić information content (AvgIpc) is 2.37. The minimum absolute atomic E-state index is 0.651. The fraction of sp³-hybridized carbons (Fsp3) is 1.00. The molecule has 0 radical (unpaired) electrons. The number of hydrogen-bond acceptors (Lipinski definition) is 6. The largest absolute Gasteiger partial charge is 0.344 e. The predicted octanol–water partition coefficient (Wildman–Crippen LogP) is 3.08. The first-order chi connectivity index (χ1) is 7.57. The van der Waals surface area contributed by atoms with Gasteiger partial charge in [-0.1, -0.05) is 13.8 Å². The summed E-state index contributed by atoms with van der Waals surface area (Å²) in [6.45, 7) is 4.02. The lowest BCUT2D eigenvalue weighted by molar-refractivity contribution is -0.138. The highest BCUT2D eigenvalue weighted by Gasteiger charge is 2.36. The normalized spacial score (nSPS) is 13.1. The molecule has 16 heavy (non-hydrogen) atoms. The fourth-order valence-electron chi connectivity index (χ4n) is 1.12. The Labute approximate surface area is 106 Å². The lowest BCUT2D eigenvalue weighted by Gasteiger charge is -2.33. The third-order valence-electron chi connectivity index (χ3n) is 2.41. The predicted molar refractivity (Wildman–Crippen MR) is 69.3 cm³/mol. The van der Waals surface area contributed by atoms with Gasteiger partial charge in [-0.2, -0.15) is 0 Å². The van der Waals surface area contributed by atoms with E-state index in [2.05, 4.69) is 0 Å². The van der Waals surface area contributed by atoms with Gasteiger partial charge in [0.15, 0.2) is 0 Å². The van der Waals surface area contributed by atoms with E-state index in [0.29, 0.717) is 0 Å². The molecule has 6 heteroatoms. The highest BCUT2D eigenvalue weighted by atomic mass is 33.1. The first-order valence-electron chi connectivity index (χ1n) is 5.15. The van der Waals surface area contributed by atoms with Crippen molar-refractivity contribution in [3.63, 3.8) is 0 Å². The van der Waals surface area contributed by atoms with Crippen LogP contribution in [0.4, 0.5) is 0 Å². The summed E-state index contributed by atoms with van der Waals surface area (Å²) in [5.74, 6) is 0. The van der Waals surface area contributed by atoms with Gasteiger partial charge in [-0.15, -0.1) is 0 Å². The Balaban J connectivity index is 4.48. The van der Waals surface area contributed by atoms with Crippen LogP contribution in [0.25, 0.3) is 0 Å². The molecule has 0 unspecified atom stereocenters. The second-order valence-corrected chi connectivity index (χ2v) is 5.63. The van der Waals surface area contributed by atoms with Crippen molar-refractivity contribution < 1.29 is 18.9 Å². The molecule has 0 heterocycles. The summed E-state index contributed by atoms with van der Waals surface area (Å²) in [6.07, 6.45) is 1.48. The van der Waals surface area contributed by atoms with E-state index in [4.69, 9.17) is 18.9 Å².